The maximum absolute atomic E-state index is 6.15. The molecule has 1 atom stereocenters. The highest BCUT2D eigenvalue weighted by molar-refractivity contribution is 6.35. The van der Waals surface area contributed by atoms with Crippen LogP contribution in [0.25, 0.3) is 0 Å². The van der Waals surface area contributed by atoms with Crippen molar-refractivity contribution in [3.05, 3.63) is 82.8 Å². The second-order valence-electron chi connectivity index (χ2n) is 6.42. The van der Waals surface area contributed by atoms with E-state index in [0.29, 0.717) is 35.6 Å². The predicted octanol–water partition coefficient (Wildman–Crippen LogP) is 6.33. The molecule has 0 saturated carbocycles. The van der Waals surface area contributed by atoms with Gasteiger partial charge in [-0.05, 0) is 49.4 Å². The molecular weight excluding hydrogens is 409 g/mol. The van der Waals surface area contributed by atoms with Crippen molar-refractivity contribution < 1.29 is 14.2 Å². The number of hydrogen-bond donors (Lipinski definition) is 1. The van der Waals surface area contributed by atoms with E-state index >= 15 is 0 Å². The second-order valence-corrected chi connectivity index (χ2v) is 7.27. The van der Waals surface area contributed by atoms with Crippen LogP contribution < -0.4 is 19.5 Å². The van der Waals surface area contributed by atoms with Crippen LogP contribution in [-0.4, -0.2) is 25.9 Å². The third-order valence-corrected chi connectivity index (χ3v) is 4.54. The molecule has 0 aliphatic rings. The summed E-state index contributed by atoms with van der Waals surface area (Å²) in [4.78, 5) is 0. The summed E-state index contributed by atoms with van der Waals surface area (Å²) in [5, 5.41) is 4.43. The zero-order valence-corrected chi connectivity index (χ0v) is 17.6. The fraction of sp³-hybridized carbons (Fsp3) is 0.217. The average molecular weight is 432 g/mol. The first-order chi connectivity index (χ1) is 14.1. The van der Waals surface area contributed by atoms with Crippen LogP contribution in [0.1, 0.15) is 6.92 Å². The molecule has 4 nitrogen and oxygen atoms in total. The van der Waals surface area contributed by atoms with Crippen molar-refractivity contribution in [2.24, 2.45) is 0 Å². The molecule has 1 unspecified atom stereocenters. The Morgan fingerprint density at radius 1 is 0.828 bits per heavy atom. The van der Waals surface area contributed by atoms with Crippen molar-refractivity contribution in [1.29, 1.82) is 0 Å². The van der Waals surface area contributed by atoms with E-state index in [9.17, 15) is 0 Å². The summed E-state index contributed by atoms with van der Waals surface area (Å²) in [6.07, 6.45) is -0.0856. The van der Waals surface area contributed by atoms with Gasteiger partial charge in [0.15, 0.2) is 0 Å². The number of halogens is 2. The zero-order chi connectivity index (χ0) is 20.5. The van der Waals surface area contributed by atoms with Gasteiger partial charge >= 0.3 is 0 Å². The number of rotatable bonds is 10. The van der Waals surface area contributed by atoms with Crippen LogP contribution in [0.5, 0.6) is 17.2 Å². The SMILES string of the molecule is CC(CNc1cccc(OCCOc2ccccc2)c1)Oc1ccc(Cl)cc1Cl. The second kappa shape index (κ2) is 10.8. The maximum atomic E-state index is 6.15. The minimum atomic E-state index is -0.0856. The quantitative estimate of drug-likeness (QED) is 0.380. The van der Waals surface area contributed by atoms with E-state index in [1.807, 2.05) is 61.5 Å². The highest BCUT2D eigenvalue weighted by Gasteiger charge is 2.08. The van der Waals surface area contributed by atoms with Gasteiger partial charge in [-0.1, -0.05) is 47.5 Å². The van der Waals surface area contributed by atoms with Gasteiger partial charge in [0.2, 0.25) is 0 Å². The van der Waals surface area contributed by atoms with E-state index in [2.05, 4.69) is 5.32 Å². The Labute approximate surface area is 181 Å². The van der Waals surface area contributed by atoms with E-state index in [1.165, 1.54) is 0 Å². The Hall–Kier alpha value is -2.56. The highest BCUT2D eigenvalue weighted by atomic mass is 35.5. The summed E-state index contributed by atoms with van der Waals surface area (Å²) < 4.78 is 17.3. The number of ether oxygens (including phenoxy) is 3. The summed E-state index contributed by atoms with van der Waals surface area (Å²) in [6, 6.07) is 22.7. The number of hydrogen-bond acceptors (Lipinski definition) is 4. The van der Waals surface area contributed by atoms with Gasteiger partial charge in [-0.15, -0.1) is 0 Å². The zero-order valence-electron chi connectivity index (χ0n) is 16.1. The summed E-state index contributed by atoms with van der Waals surface area (Å²) in [5.41, 5.74) is 0.948. The van der Waals surface area contributed by atoms with Gasteiger partial charge in [-0.3, -0.25) is 0 Å². The summed E-state index contributed by atoms with van der Waals surface area (Å²) in [7, 11) is 0. The largest absolute Gasteiger partial charge is 0.490 e. The molecule has 6 heteroatoms. The van der Waals surface area contributed by atoms with Crippen LogP contribution in [0.15, 0.2) is 72.8 Å². The number of para-hydroxylation sites is 1. The fourth-order valence-electron chi connectivity index (χ4n) is 2.62. The monoisotopic (exact) mass is 431 g/mol. The van der Waals surface area contributed by atoms with E-state index in [1.54, 1.807) is 18.2 Å². The van der Waals surface area contributed by atoms with E-state index in [0.717, 1.165) is 17.2 Å². The fourth-order valence-corrected chi connectivity index (χ4v) is 3.08. The van der Waals surface area contributed by atoms with Crippen molar-refractivity contribution >= 4 is 28.9 Å². The molecule has 0 bridgehead atoms. The van der Waals surface area contributed by atoms with Gasteiger partial charge < -0.3 is 19.5 Å². The minimum absolute atomic E-state index is 0.0856. The predicted molar refractivity (Wildman–Crippen MR) is 119 cm³/mol. The van der Waals surface area contributed by atoms with Gasteiger partial charge in [0, 0.05) is 16.8 Å². The molecule has 3 aromatic rings. The van der Waals surface area contributed by atoms with Crippen LogP contribution in [0, 0.1) is 0 Å². The third kappa shape index (κ3) is 7.08. The molecule has 0 spiro atoms. The van der Waals surface area contributed by atoms with Crippen LogP contribution >= 0.6 is 23.2 Å². The molecule has 0 aromatic heterocycles. The molecule has 3 rings (SSSR count). The Morgan fingerprint density at radius 2 is 1.55 bits per heavy atom. The van der Waals surface area contributed by atoms with E-state index < -0.39 is 0 Å². The van der Waals surface area contributed by atoms with Gasteiger partial charge in [-0.25, -0.2) is 0 Å². The molecule has 0 aliphatic carbocycles. The number of nitrogens with one attached hydrogen (secondary N) is 1. The molecule has 0 heterocycles. The molecule has 1 N–H and O–H groups in total. The molecule has 0 saturated heterocycles. The normalized spacial score (nSPS) is 11.6. The van der Waals surface area contributed by atoms with Crippen molar-refractivity contribution in [2.45, 2.75) is 13.0 Å². The van der Waals surface area contributed by atoms with Crippen molar-refractivity contribution in [1.82, 2.24) is 0 Å². The molecule has 0 amide bonds. The molecular formula is C23H23Cl2NO3. The van der Waals surface area contributed by atoms with E-state index in [4.69, 9.17) is 37.4 Å². The molecule has 152 valence electrons. The Kier molecular flexibility index (Phi) is 7.91. The lowest BCUT2D eigenvalue weighted by atomic mass is 10.3. The van der Waals surface area contributed by atoms with E-state index in [-0.39, 0.29) is 6.10 Å². The van der Waals surface area contributed by atoms with Crippen molar-refractivity contribution in [2.75, 3.05) is 25.1 Å². The first-order valence-electron chi connectivity index (χ1n) is 9.36. The molecule has 29 heavy (non-hydrogen) atoms. The smallest absolute Gasteiger partial charge is 0.138 e. The molecule has 0 aliphatic heterocycles. The van der Waals surface area contributed by atoms with Gasteiger partial charge in [0.05, 0.1) is 11.6 Å². The van der Waals surface area contributed by atoms with Crippen molar-refractivity contribution in [3.63, 3.8) is 0 Å². The first-order valence-corrected chi connectivity index (χ1v) is 10.1. The molecule has 0 radical (unpaired) electrons. The first kappa shape index (κ1) is 21.2. The van der Waals surface area contributed by atoms with Crippen LogP contribution in [-0.2, 0) is 0 Å². The molecule has 0 fully saturated rings. The molecule has 3 aromatic carbocycles. The van der Waals surface area contributed by atoms with Crippen LogP contribution in [0.4, 0.5) is 5.69 Å². The van der Waals surface area contributed by atoms with Crippen LogP contribution in [0.3, 0.4) is 0 Å². The summed E-state index contributed by atoms with van der Waals surface area (Å²) >= 11 is 12.1. The topological polar surface area (TPSA) is 39.7 Å². The van der Waals surface area contributed by atoms with Crippen LogP contribution in [0.2, 0.25) is 10.0 Å². The third-order valence-electron chi connectivity index (χ3n) is 4.01. The average Bonchev–Trinajstić information content (AvgIpc) is 2.73. The standard InChI is InChI=1S/C23H23Cl2NO3/c1-17(29-23-11-10-18(24)14-22(23)25)16-26-19-6-5-9-21(15-19)28-13-12-27-20-7-3-2-4-8-20/h2-11,14-15,17,26H,12-13,16H2,1H3. The summed E-state index contributed by atoms with van der Waals surface area (Å²) in [6.45, 7) is 3.53. The Morgan fingerprint density at radius 3 is 2.31 bits per heavy atom. The Balaban J connectivity index is 1.43. The number of benzene rings is 3. The Bertz CT molecular complexity index is 906. The lowest BCUT2D eigenvalue weighted by Crippen LogP contribution is -2.22. The van der Waals surface area contributed by atoms with Gasteiger partial charge in [0.1, 0.15) is 36.6 Å². The highest BCUT2D eigenvalue weighted by Crippen LogP contribution is 2.28. The maximum Gasteiger partial charge on any atom is 0.138 e. The van der Waals surface area contributed by atoms with Gasteiger partial charge in [0.25, 0.3) is 0 Å². The lowest BCUT2D eigenvalue weighted by Gasteiger charge is -2.17. The van der Waals surface area contributed by atoms with Gasteiger partial charge in [-0.2, -0.15) is 0 Å². The number of anilines is 1. The minimum Gasteiger partial charge on any atom is -0.490 e. The van der Waals surface area contributed by atoms with Crippen molar-refractivity contribution in [3.8, 4) is 17.2 Å². The lowest BCUT2D eigenvalue weighted by molar-refractivity contribution is 0.217. The summed E-state index contributed by atoms with van der Waals surface area (Å²) in [5.74, 6) is 2.23.